The molecule has 1 fully saturated rings. The van der Waals surface area contributed by atoms with Crippen molar-refractivity contribution >= 4 is 11.8 Å². The van der Waals surface area contributed by atoms with E-state index in [-0.39, 0.29) is 29.8 Å². The Morgan fingerprint density at radius 1 is 1.17 bits per heavy atom. The van der Waals surface area contributed by atoms with E-state index in [1.54, 1.807) is 0 Å². The second-order valence-electron chi connectivity index (χ2n) is 10.6. The summed E-state index contributed by atoms with van der Waals surface area (Å²) in [6.45, 7) is 14.5. The third-order valence-corrected chi connectivity index (χ3v) is 5.44. The zero-order valence-electron chi connectivity index (χ0n) is 19.6. The van der Waals surface area contributed by atoms with E-state index in [4.69, 9.17) is 0 Å². The van der Waals surface area contributed by atoms with E-state index in [1.165, 1.54) is 0 Å². The van der Waals surface area contributed by atoms with E-state index >= 15 is 0 Å². The Morgan fingerprint density at radius 3 is 2.31 bits per heavy atom. The molecular weight excluding hydrogens is 362 g/mol. The first-order chi connectivity index (χ1) is 13.5. The monoisotopic (exact) mass is 403 g/mol. The van der Waals surface area contributed by atoms with Crippen LogP contribution in [0, 0.1) is 17.3 Å². The molecule has 1 unspecified atom stereocenters. The molecule has 0 aliphatic heterocycles. The highest BCUT2D eigenvalue weighted by molar-refractivity contribution is 5.85. The minimum atomic E-state index is 0.0589. The SMILES string of the molecule is CC(C)CN(Cc1cccn1C)C(=O)CN(C(=O)CC(C)CC(C)(C)C)C1CC1. The Kier molecular flexibility index (Phi) is 7.95. The number of rotatable bonds is 10. The average Bonchev–Trinajstić information content (AvgIpc) is 3.32. The van der Waals surface area contributed by atoms with Gasteiger partial charge in [0.25, 0.3) is 0 Å². The van der Waals surface area contributed by atoms with Gasteiger partial charge in [-0.1, -0.05) is 41.5 Å². The molecule has 2 rings (SSSR count). The molecule has 0 spiro atoms. The van der Waals surface area contributed by atoms with E-state index in [9.17, 15) is 9.59 Å². The van der Waals surface area contributed by atoms with E-state index < -0.39 is 0 Å². The van der Waals surface area contributed by atoms with E-state index in [0.717, 1.165) is 25.0 Å². The molecule has 2 amide bonds. The van der Waals surface area contributed by atoms with Gasteiger partial charge in [-0.05, 0) is 48.6 Å². The van der Waals surface area contributed by atoms with Gasteiger partial charge in [0.2, 0.25) is 11.8 Å². The maximum Gasteiger partial charge on any atom is 0.242 e. The summed E-state index contributed by atoms with van der Waals surface area (Å²) in [6, 6.07) is 4.31. The minimum Gasteiger partial charge on any atom is -0.353 e. The quantitative estimate of drug-likeness (QED) is 0.579. The summed E-state index contributed by atoms with van der Waals surface area (Å²) in [5.41, 5.74) is 1.32. The Morgan fingerprint density at radius 2 is 1.83 bits per heavy atom. The summed E-state index contributed by atoms with van der Waals surface area (Å²) in [5, 5.41) is 0. The molecule has 164 valence electrons. The van der Waals surface area contributed by atoms with Gasteiger partial charge in [0, 0.05) is 37.9 Å². The first-order valence-corrected chi connectivity index (χ1v) is 11.1. The van der Waals surface area contributed by atoms with Crippen LogP contribution in [0.25, 0.3) is 0 Å². The zero-order chi connectivity index (χ0) is 21.8. The van der Waals surface area contributed by atoms with Crippen molar-refractivity contribution in [1.29, 1.82) is 0 Å². The molecule has 1 atom stereocenters. The second-order valence-corrected chi connectivity index (χ2v) is 10.6. The summed E-state index contributed by atoms with van der Waals surface area (Å²) in [6.07, 6.45) is 5.59. The standard InChI is InChI=1S/C24H41N3O2/c1-18(2)15-26(16-21-9-8-12-25(21)7)23(29)17-27(20-10-11-20)22(28)13-19(3)14-24(4,5)6/h8-9,12,18-20H,10-11,13-17H2,1-7H3. The van der Waals surface area contributed by atoms with Crippen LogP contribution < -0.4 is 0 Å². The number of amides is 2. The van der Waals surface area contributed by atoms with Crippen LogP contribution in [0.2, 0.25) is 0 Å². The number of hydrogen-bond acceptors (Lipinski definition) is 2. The first-order valence-electron chi connectivity index (χ1n) is 11.1. The van der Waals surface area contributed by atoms with Crippen LogP contribution in [-0.2, 0) is 23.2 Å². The molecule has 5 nitrogen and oxygen atoms in total. The van der Waals surface area contributed by atoms with Crippen LogP contribution in [-0.4, -0.2) is 45.3 Å². The molecule has 1 aliphatic carbocycles. The fourth-order valence-electron chi connectivity index (χ4n) is 4.14. The van der Waals surface area contributed by atoms with Gasteiger partial charge in [0.15, 0.2) is 0 Å². The maximum absolute atomic E-state index is 13.2. The molecule has 1 aliphatic rings. The molecule has 1 aromatic heterocycles. The van der Waals surface area contributed by atoms with Gasteiger partial charge >= 0.3 is 0 Å². The highest BCUT2D eigenvalue weighted by Gasteiger charge is 2.35. The molecule has 0 aromatic carbocycles. The number of nitrogens with zero attached hydrogens (tertiary/aromatic N) is 3. The van der Waals surface area contributed by atoms with Gasteiger partial charge in [-0.25, -0.2) is 0 Å². The number of carbonyl (C=O) groups excluding carboxylic acids is 2. The molecular formula is C24H41N3O2. The average molecular weight is 404 g/mol. The third kappa shape index (κ3) is 7.87. The van der Waals surface area contributed by atoms with Crippen molar-refractivity contribution in [3.05, 3.63) is 24.0 Å². The van der Waals surface area contributed by atoms with Crippen molar-refractivity contribution in [3.8, 4) is 0 Å². The van der Waals surface area contributed by atoms with Crippen molar-refractivity contribution in [2.75, 3.05) is 13.1 Å². The fourth-order valence-corrected chi connectivity index (χ4v) is 4.14. The van der Waals surface area contributed by atoms with Crippen molar-refractivity contribution in [1.82, 2.24) is 14.4 Å². The Bertz CT molecular complexity index is 683. The van der Waals surface area contributed by atoms with Gasteiger partial charge in [0.05, 0.1) is 6.54 Å². The highest BCUT2D eigenvalue weighted by Crippen LogP contribution is 2.30. The predicted molar refractivity (Wildman–Crippen MR) is 118 cm³/mol. The van der Waals surface area contributed by atoms with Crippen LogP contribution >= 0.6 is 0 Å². The van der Waals surface area contributed by atoms with Gasteiger partial charge in [-0.3, -0.25) is 9.59 Å². The lowest BCUT2D eigenvalue weighted by Crippen LogP contribution is -2.45. The van der Waals surface area contributed by atoms with Crippen LogP contribution in [0.5, 0.6) is 0 Å². The zero-order valence-corrected chi connectivity index (χ0v) is 19.6. The van der Waals surface area contributed by atoms with Crippen molar-refractivity contribution in [2.24, 2.45) is 24.3 Å². The summed E-state index contributed by atoms with van der Waals surface area (Å²) in [4.78, 5) is 30.0. The Labute approximate surface area is 177 Å². The molecule has 0 radical (unpaired) electrons. The molecule has 1 heterocycles. The second kappa shape index (κ2) is 9.82. The molecule has 5 heteroatoms. The van der Waals surface area contributed by atoms with Gasteiger partial charge < -0.3 is 14.4 Å². The molecule has 0 saturated heterocycles. The van der Waals surface area contributed by atoms with Gasteiger partial charge in [0.1, 0.15) is 6.54 Å². The summed E-state index contributed by atoms with van der Waals surface area (Å²) >= 11 is 0. The van der Waals surface area contributed by atoms with Crippen LogP contribution in [0.15, 0.2) is 18.3 Å². The van der Waals surface area contributed by atoms with Crippen molar-refractivity contribution in [2.45, 2.75) is 79.8 Å². The summed E-state index contributed by atoms with van der Waals surface area (Å²) in [7, 11) is 2.00. The molecule has 0 bridgehead atoms. The van der Waals surface area contributed by atoms with E-state index in [0.29, 0.717) is 31.3 Å². The van der Waals surface area contributed by atoms with Gasteiger partial charge in [-0.15, -0.1) is 0 Å². The predicted octanol–water partition coefficient (Wildman–Crippen LogP) is 4.46. The first kappa shape index (κ1) is 23.5. The Hall–Kier alpha value is -1.78. The summed E-state index contributed by atoms with van der Waals surface area (Å²) < 4.78 is 2.05. The maximum atomic E-state index is 13.2. The highest BCUT2D eigenvalue weighted by atomic mass is 16.2. The molecule has 29 heavy (non-hydrogen) atoms. The van der Waals surface area contributed by atoms with Crippen molar-refractivity contribution in [3.63, 3.8) is 0 Å². The number of aryl methyl sites for hydroxylation is 1. The van der Waals surface area contributed by atoms with Crippen molar-refractivity contribution < 1.29 is 9.59 Å². The molecule has 1 aromatic rings. The lowest BCUT2D eigenvalue weighted by Gasteiger charge is -2.30. The van der Waals surface area contributed by atoms with Gasteiger partial charge in [-0.2, -0.15) is 0 Å². The lowest BCUT2D eigenvalue weighted by molar-refractivity contribution is -0.142. The normalized spacial score (nSPS) is 15.4. The smallest absolute Gasteiger partial charge is 0.242 e. The summed E-state index contributed by atoms with van der Waals surface area (Å²) in [5.74, 6) is 0.912. The fraction of sp³-hybridized carbons (Fsp3) is 0.750. The van der Waals surface area contributed by atoms with Crippen LogP contribution in [0.3, 0.4) is 0 Å². The topological polar surface area (TPSA) is 45.6 Å². The molecule has 0 N–H and O–H groups in total. The Balaban J connectivity index is 2.03. The number of carbonyl (C=O) groups is 2. The number of aromatic nitrogens is 1. The van der Waals surface area contributed by atoms with E-state index in [2.05, 4.69) is 52.2 Å². The third-order valence-electron chi connectivity index (χ3n) is 5.44. The largest absolute Gasteiger partial charge is 0.353 e. The number of hydrogen-bond donors (Lipinski definition) is 0. The van der Waals surface area contributed by atoms with E-state index in [1.807, 2.05) is 29.1 Å². The van der Waals surface area contributed by atoms with Crippen LogP contribution in [0.1, 0.15) is 72.9 Å². The lowest BCUT2D eigenvalue weighted by atomic mass is 9.84. The van der Waals surface area contributed by atoms with Crippen LogP contribution in [0.4, 0.5) is 0 Å². The molecule has 1 saturated carbocycles. The minimum absolute atomic E-state index is 0.0589.